The molecule has 2 rings (SSSR count). The molecular formula is C10H13NO3. The number of rotatable bonds is 1. The Balaban J connectivity index is 2.30. The summed E-state index contributed by atoms with van der Waals surface area (Å²) in [4.78, 5) is 24.4. The SMILES string of the molecule is O=C(O)C1C(=O)CCN2CCCC=C12. The molecule has 0 bridgehead atoms. The van der Waals surface area contributed by atoms with Gasteiger partial charge >= 0.3 is 5.97 Å². The second-order valence-corrected chi connectivity index (χ2v) is 3.75. The van der Waals surface area contributed by atoms with Crippen molar-refractivity contribution in [2.75, 3.05) is 13.1 Å². The second kappa shape index (κ2) is 3.44. The van der Waals surface area contributed by atoms with Gasteiger partial charge in [-0.2, -0.15) is 0 Å². The fourth-order valence-corrected chi connectivity index (χ4v) is 2.15. The number of carboxylic acids is 1. The van der Waals surface area contributed by atoms with Crippen molar-refractivity contribution in [2.45, 2.75) is 19.3 Å². The lowest BCUT2D eigenvalue weighted by atomic mass is 9.89. The first-order chi connectivity index (χ1) is 6.70. The van der Waals surface area contributed by atoms with Crippen LogP contribution in [0.4, 0.5) is 0 Å². The van der Waals surface area contributed by atoms with Crippen LogP contribution in [0.1, 0.15) is 19.3 Å². The summed E-state index contributed by atoms with van der Waals surface area (Å²) in [7, 11) is 0. The fourth-order valence-electron chi connectivity index (χ4n) is 2.15. The zero-order valence-electron chi connectivity index (χ0n) is 7.90. The first-order valence-corrected chi connectivity index (χ1v) is 4.90. The van der Waals surface area contributed by atoms with E-state index in [1.54, 1.807) is 0 Å². The van der Waals surface area contributed by atoms with Crippen LogP contribution in [-0.4, -0.2) is 34.8 Å². The van der Waals surface area contributed by atoms with Gasteiger partial charge in [0.2, 0.25) is 0 Å². The third kappa shape index (κ3) is 1.41. The van der Waals surface area contributed by atoms with Crippen LogP contribution in [0, 0.1) is 5.92 Å². The molecule has 76 valence electrons. The van der Waals surface area contributed by atoms with Crippen molar-refractivity contribution in [1.82, 2.24) is 4.90 Å². The largest absolute Gasteiger partial charge is 0.480 e. The van der Waals surface area contributed by atoms with Crippen LogP contribution in [0.5, 0.6) is 0 Å². The number of hydrogen-bond acceptors (Lipinski definition) is 3. The second-order valence-electron chi connectivity index (χ2n) is 3.75. The third-order valence-corrected chi connectivity index (χ3v) is 2.84. The number of allylic oxidation sites excluding steroid dienone is 1. The average Bonchev–Trinajstić information content (AvgIpc) is 2.17. The number of Topliss-reactive ketones (excluding diaryl/α,β-unsaturated/α-hetero) is 1. The Kier molecular flexibility index (Phi) is 2.27. The fraction of sp³-hybridized carbons (Fsp3) is 0.600. The van der Waals surface area contributed by atoms with Crippen molar-refractivity contribution in [3.8, 4) is 0 Å². The van der Waals surface area contributed by atoms with Gasteiger partial charge in [-0.05, 0) is 12.8 Å². The maximum Gasteiger partial charge on any atom is 0.320 e. The minimum absolute atomic E-state index is 0.151. The molecule has 4 nitrogen and oxygen atoms in total. The zero-order chi connectivity index (χ0) is 10.1. The Morgan fingerprint density at radius 1 is 1.50 bits per heavy atom. The number of piperidine rings is 1. The summed E-state index contributed by atoms with van der Waals surface area (Å²) in [6, 6.07) is 0. The molecule has 0 aliphatic carbocycles. The summed E-state index contributed by atoms with van der Waals surface area (Å²) in [6.07, 6.45) is 4.22. The van der Waals surface area contributed by atoms with Gasteiger partial charge < -0.3 is 10.0 Å². The van der Waals surface area contributed by atoms with Crippen LogP contribution >= 0.6 is 0 Å². The lowest BCUT2D eigenvalue weighted by molar-refractivity contribution is -0.146. The molecule has 0 aromatic carbocycles. The molecule has 0 spiro atoms. The van der Waals surface area contributed by atoms with Crippen molar-refractivity contribution in [1.29, 1.82) is 0 Å². The molecular weight excluding hydrogens is 182 g/mol. The van der Waals surface area contributed by atoms with Crippen LogP contribution in [0.25, 0.3) is 0 Å². The van der Waals surface area contributed by atoms with E-state index in [9.17, 15) is 9.59 Å². The quantitative estimate of drug-likeness (QED) is 0.624. The molecule has 0 radical (unpaired) electrons. The molecule has 1 N–H and O–H groups in total. The highest BCUT2D eigenvalue weighted by Crippen LogP contribution is 2.28. The minimum atomic E-state index is -1.01. The third-order valence-electron chi connectivity index (χ3n) is 2.84. The van der Waals surface area contributed by atoms with E-state index in [0.717, 1.165) is 25.1 Å². The van der Waals surface area contributed by atoms with Gasteiger partial charge in [0, 0.05) is 25.2 Å². The number of fused-ring (bicyclic) bond motifs is 1. The van der Waals surface area contributed by atoms with Gasteiger partial charge in [0.1, 0.15) is 0 Å². The van der Waals surface area contributed by atoms with Gasteiger partial charge in [-0.1, -0.05) is 6.08 Å². The maximum absolute atomic E-state index is 11.4. The van der Waals surface area contributed by atoms with E-state index in [-0.39, 0.29) is 5.78 Å². The van der Waals surface area contributed by atoms with E-state index in [2.05, 4.69) is 0 Å². The van der Waals surface area contributed by atoms with Crippen molar-refractivity contribution in [2.24, 2.45) is 5.92 Å². The van der Waals surface area contributed by atoms with Gasteiger partial charge in [0.25, 0.3) is 0 Å². The molecule has 1 saturated heterocycles. The van der Waals surface area contributed by atoms with Crippen LogP contribution in [-0.2, 0) is 9.59 Å². The minimum Gasteiger partial charge on any atom is -0.480 e. The van der Waals surface area contributed by atoms with E-state index >= 15 is 0 Å². The summed E-state index contributed by atoms with van der Waals surface area (Å²) >= 11 is 0. The van der Waals surface area contributed by atoms with Crippen LogP contribution in [0.15, 0.2) is 11.8 Å². The Morgan fingerprint density at radius 3 is 3.00 bits per heavy atom. The highest BCUT2D eigenvalue weighted by Gasteiger charge is 2.37. The predicted molar refractivity (Wildman–Crippen MR) is 49.6 cm³/mol. The van der Waals surface area contributed by atoms with E-state index in [4.69, 9.17) is 5.11 Å². The van der Waals surface area contributed by atoms with Gasteiger partial charge in [0.05, 0.1) is 0 Å². The lowest BCUT2D eigenvalue weighted by Crippen LogP contribution is -2.43. The Morgan fingerprint density at radius 2 is 2.29 bits per heavy atom. The summed E-state index contributed by atoms with van der Waals surface area (Å²) in [5.41, 5.74) is 0.722. The highest BCUT2D eigenvalue weighted by molar-refractivity contribution is 6.01. The van der Waals surface area contributed by atoms with Crippen LogP contribution in [0.3, 0.4) is 0 Å². The number of carbonyl (C=O) groups is 2. The van der Waals surface area contributed by atoms with Crippen LogP contribution < -0.4 is 0 Å². The maximum atomic E-state index is 11.4. The topological polar surface area (TPSA) is 57.6 Å². The van der Waals surface area contributed by atoms with Crippen molar-refractivity contribution in [3.05, 3.63) is 11.8 Å². The molecule has 0 aromatic rings. The van der Waals surface area contributed by atoms with Gasteiger partial charge in [-0.25, -0.2) is 0 Å². The van der Waals surface area contributed by atoms with Gasteiger partial charge in [-0.3, -0.25) is 9.59 Å². The zero-order valence-corrected chi connectivity index (χ0v) is 7.90. The standard InChI is InChI=1S/C10H13NO3/c12-8-4-6-11-5-2-1-3-7(11)9(8)10(13)14/h3,9H,1-2,4-6H2,(H,13,14). The molecule has 0 amide bonds. The molecule has 2 aliphatic heterocycles. The molecule has 14 heavy (non-hydrogen) atoms. The first kappa shape index (κ1) is 9.24. The number of ketones is 1. The normalized spacial score (nSPS) is 26.9. The molecule has 2 heterocycles. The molecule has 0 aromatic heterocycles. The molecule has 1 fully saturated rings. The number of carbonyl (C=O) groups excluding carboxylic acids is 1. The predicted octanol–water partition coefficient (Wildman–Crippen LogP) is 0.640. The Hall–Kier alpha value is -1.32. The lowest BCUT2D eigenvalue weighted by Gasteiger charge is -2.37. The molecule has 1 atom stereocenters. The highest BCUT2D eigenvalue weighted by atomic mass is 16.4. The molecule has 4 heteroatoms. The molecule has 2 aliphatic rings. The van der Waals surface area contributed by atoms with Crippen LogP contribution in [0.2, 0.25) is 0 Å². The summed E-state index contributed by atoms with van der Waals surface area (Å²) in [5.74, 6) is -2.06. The average molecular weight is 195 g/mol. The van der Waals surface area contributed by atoms with E-state index in [1.165, 1.54) is 0 Å². The monoisotopic (exact) mass is 195 g/mol. The summed E-state index contributed by atoms with van der Waals surface area (Å²) in [5, 5.41) is 8.96. The van der Waals surface area contributed by atoms with Gasteiger partial charge in [-0.15, -0.1) is 0 Å². The number of nitrogens with zero attached hydrogens (tertiary/aromatic N) is 1. The van der Waals surface area contributed by atoms with E-state index < -0.39 is 11.9 Å². The summed E-state index contributed by atoms with van der Waals surface area (Å²) < 4.78 is 0. The van der Waals surface area contributed by atoms with E-state index in [0.29, 0.717) is 13.0 Å². The van der Waals surface area contributed by atoms with Gasteiger partial charge in [0.15, 0.2) is 11.7 Å². The smallest absolute Gasteiger partial charge is 0.320 e. The summed E-state index contributed by atoms with van der Waals surface area (Å²) in [6.45, 7) is 1.58. The van der Waals surface area contributed by atoms with Crippen molar-refractivity contribution in [3.63, 3.8) is 0 Å². The molecule has 0 saturated carbocycles. The van der Waals surface area contributed by atoms with E-state index in [1.807, 2.05) is 11.0 Å². The first-order valence-electron chi connectivity index (χ1n) is 4.90. The Bertz CT molecular complexity index is 308. The molecule has 1 unspecified atom stereocenters. The van der Waals surface area contributed by atoms with Crippen molar-refractivity contribution < 1.29 is 14.7 Å². The Labute approximate surface area is 82.2 Å². The number of hydrogen-bond donors (Lipinski definition) is 1. The number of aliphatic carboxylic acids is 1. The number of carboxylic acid groups (broad SMARTS) is 1. The van der Waals surface area contributed by atoms with Crippen molar-refractivity contribution >= 4 is 11.8 Å².